The highest BCUT2D eigenvalue weighted by molar-refractivity contribution is 6.34. The molecule has 0 radical (unpaired) electrons. The van der Waals surface area contributed by atoms with Crippen molar-refractivity contribution in [1.29, 1.82) is 0 Å². The Labute approximate surface area is 213 Å². The Kier molecular flexibility index (Phi) is 4.85. The second-order valence-corrected chi connectivity index (χ2v) is 9.99. The number of hydrogen-bond acceptors (Lipinski definition) is 6. The minimum atomic E-state index is -1.40. The summed E-state index contributed by atoms with van der Waals surface area (Å²) in [6, 6.07) is 8.04. The van der Waals surface area contributed by atoms with Crippen molar-refractivity contribution in [3.05, 3.63) is 59.2 Å². The third-order valence-corrected chi connectivity index (χ3v) is 7.89. The van der Waals surface area contributed by atoms with Crippen LogP contribution in [0.5, 0.6) is 0 Å². The highest BCUT2D eigenvalue weighted by Gasteiger charge is 2.52. The van der Waals surface area contributed by atoms with E-state index in [0.717, 1.165) is 4.90 Å². The van der Waals surface area contributed by atoms with Crippen LogP contribution >= 0.6 is 0 Å². The van der Waals surface area contributed by atoms with Crippen molar-refractivity contribution in [3.63, 3.8) is 0 Å². The second-order valence-electron chi connectivity index (χ2n) is 9.99. The van der Waals surface area contributed by atoms with Crippen molar-refractivity contribution in [2.24, 2.45) is 0 Å². The van der Waals surface area contributed by atoms with Crippen molar-refractivity contribution >= 4 is 45.0 Å². The number of amides is 2. The monoisotopic (exact) mass is 522 g/mol. The molecule has 3 aliphatic rings. The van der Waals surface area contributed by atoms with E-state index in [-0.39, 0.29) is 17.5 Å². The van der Waals surface area contributed by atoms with E-state index in [1.165, 1.54) is 43.4 Å². The molecular weight excluding hydrogens is 500 g/mol. The van der Waals surface area contributed by atoms with Gasteiger partial charge in [-0.1, -0.05) is 0 Å². The maximum absolute atomic E-state index is 14.6. The van der Waals surface area contributed by atoms with Gasteiger partial charge in [-0.15, -0.1) is 0 Å². The van der Waals surface area contributed by atoms with Crippen LogP contribution in [0.4, 0.5) is 20.2 Å². The minimum Gasteiger partial charge on any atom is -0.394 e. The SMILES string of the molecule is CN1C(=O)c2c3c(c4[nH]c5ccc(F)cc5c4c2C1=O)[NH+](C1OC(CO)CC(O)C1O)c1ccc(F)cc1-3. The number of aliphatic hydroxyl groups excluding tert-OH is 3. The van der Waals surface area contributed by atoms with Gasteiger partial charge in [0.1, 0.15) is 22.8 Å². The molecule has 38 heavy (non-hydrogen) atoms. The van der Waals surface area contributed by atoms with E-state index in [0.29, 0.717) is 49.2 Å². The Morgan fingerprint density at radius 2 is 1.76 bits per heavy atom. The van der Waals surface area contributed by atoms with E-state index >= 15 is 0 Å². The van der Waals surface area contributed by atoms with Crippen molar-refractivity contribution in [2.45, 2.75) is 31.0 Å². The first kappa shape index (κ1) is 23.4. The number of aromatic amines is 1. The Hall–Kier alpha value is -3.74. The molecule has 194 valence electrons. The van der Waals surface area contributed by atoms with Crippen LogP contribution in [0.2, 0.25) is 0 Å². The predicted octanol–water partition coefficient (Wildman–Crippen LogP) is 1.48. The summed E-state index contributed by atoms with van der Waals surface area (Å²) >= 11 is 0. The molecule has 2 amide bonds. The van der Waals surface area contributed by atoms with Gasteiger partial charge in [-0.25, -0.2) is 13.7 Å². The first-order valence-electron chi connectivity index (χ1n) is 12.1. The fraction of sp³-hybridized carbons (Fsp3) is 0.259. The van der Waals surface area contributed by atoms with Crippen LogP contribution in [0, 0.1) is 11.6 Å². The van der Waals surface area contributed by atoms with Gasteiger partial charge in [-0.2, -0.15) is 0 Å². The molecule has 1 fully saturated rings. The highest BCUT2D eigenvalue weighted by Crippen LogP contribution is 2.50. The zero-order chi connectivity index (χ0) is 26.6. The molecule has 5 unspecified atom stereocenters. The lowest BCUT2D eigenvalue weighted by Gasteiger charge is -2.38. The third-order valence-electron chi connectivity index (χ3n) is 7.89. The van der Waals surface area contributed by atoms with E-state index in [1.807, 2.05) is 0 Å². The smallest absolute Gasteiger partial charge is 0.262 e. The van der Waals surface area contributed by atoms with E-state index in [4.69, 9.17) is 4.74 Å². The molecule has 4 aromatic rings. The van der Waals surface area contributed by atoms with Gasteiger partial charge in [0.25, 0.3) is 11.8 Å². The number of carbonyl (C=O) groups excluding carboxylic acids is 2. The molecule has 9 nitrogen and oxygen atoms in total. The number of hydrogen-bond donors (Lipinski definition) is 5. The normalized spacial score (nSPS) is 26.4. The van der Waals surface area contributed by atoms with Crippen molar-refractivity contribution in [2.75, 3.05) is 13.7 Å². The molecule has 4 heterocycles. The number of fused-ring (bicyclic) bond motifs is 10. The number of aliphatic hydroxyl groups is 3. The molecule has 11 heteroatoms. The number of nitrogens with zero attached hydrogens (tertiary/aromatic N) is 1. The molecule has 7 rings (SSSR count). The van der Waals surface area contributed by atoms with Gasteiger partial charge < -0.3 is 25.0 Å². The highest BCUT2D eigenvalue weighted by atomic mass is 19.1. The minimum absolute atomic E-state index is 0.00756. The van der Waals surface area contributed by atoms with Crippen LogP contribution in [0.1, 0.15) is 27.1 Å². The first-order chi connectivity index (χ1) is 18.2. The Bertz CT molecular complexity index is 1720. The lowest BCUT2D eigenvalue weighted by Crippen LogP contribution is -3.09. The van der Waals surface area contributed by atoms with Crippen LogP contribution in [0.3, 0.4) is 0 Å². The number of ether oxygens (including phenoxy) is 1. The summed E-state index contributed by atoms with van der Waals surface area (Å²) in [5.41, 5.74) is 2.49. The Balaban J connectivity index is 1.64. The molecule has 0 bridgehead atoms. The van der Waals surface area contributed by atoms with Gasteiger partial charge in [0.2, 0.25) is 6.23 Å². The number of aromatic nitrogens is 1. The average Bonchev–Trinajstić information content (AvgIpc) is 3.50. The van der Waals surface area contributed by atoms with Gasteiger partial charge in [-0.3, -0.25) is 14.5 Å². The number of quaternary nitrogens is 1. The summed E-state index contributed by atoms with van der Waals surface area (Å²) in [7, 11) is 1.35. The lowest BCUT2D eigenvalue weighted by atomic mass is 9.92. The molecular formula is C27H22F2N3O6+. The first-order valence-corrected chi connectivity index (χ1v) is 12.1. The van der Waals surface area contributed by atoms with Crippen LogP contribution in [0.25, 0.3) is 32.9 Å². The van der Waals surface area contributed by atoms with E-state index in [2.05, 4.69) is 4.98 Å². The fourth-order valence-corrected chi connectivity index (χ4v) is 6.20. The number of carbonyl (C=O) groups is 2. The number of imide groups is 1. The molecule has 3 aliphatic heterocycles. The summed E-state index contributed by atoms with van der Waals surface area (Å²) < 4.78 is 35.1. The summed E-state index contributed by atoms with van der Waals surface area (Å²) in [6.45, 7) is -0.403. The molecule has 1 aromatic heterocycles. The summed E-state index contributed by atoms with van der Waals surface area (Å²) in [4.78, 5) is 31.5. The number of nitrogens with one attached hydrogen (secondary N) is 2. The molecule has 0 spiro atoms. The third kappa shape index (κ3) is 2.90. The lowest BCUT2D eigenvalue weighted by molar-refractivity contribution is -0.829. The summed E-state index contributed by atoms with van der Waals surface area (Å²) in [6.07, 6.45) is -4.55. The number of benzene rings is 3. The largest absolute Gasteiger partial charge is 0.394 e. The average molecular weight is 522 g/mol. The fourth-order valence-electron chi connectivity index (χ4n) is 6.20. The van der Waals surface area contributed by atoms with E-state index in [1.54, 1.807) is 0 Å². The van der Waals surface area contributed by atoms with Gasteiger partial charge in [0.15, 0.2) is 11.8 Å². The maximum Gasteiger partial charge on any atom is 0.262 e. The van der Waals surface area contributed by atoms with Crippen LogP contribution in [-0.4, -0.2) is 75.2 Å². The van der Waals surface area contributed by atoms with Gasteiger partial charge in [0.05, 0.1) is 41.1 Å². The molecule has 3 aromatic carbocycles. The molecule has 0 saturated carbocycles. The number of H-pyrrole nitrogens is 1. The molecule has 5 atom stereocenters. The molecule has 5 N–H and O–H groups in total. The standard InChI is InChI=1S/C27H21F2N3O6/c1-31-25(36)20-18-13-6-10(28)2-4-15(13)30-22(18)23-19(21(20)26(31)37)14-7-11(29)3-5-16(14)32(23)27-24(35)17(34)8-12(9-33)38-27/h2-7,12,17,24,27,30,33-35H,8-9H2,1H3/p+1. The Morgan fingerprint density at radius 3 is 2.53 bits per heavy atom. The maximum atomic E-state index is 14.6. The Morgan fingerprint density at radius 1 is 1.05 bits per heavy atom. The van der Waals surface area contributed by atoms with Crippen molar-refractivity contribution in [1.82, 2.24) is 9.88 Å². The zero-order valence-electron chi connectivity index (χ0n) is 20.0. The quantitative estimate of drug-likeness (QED) is 0.254. The number of rotatable bonds is 2. The number of halogens is 2. The molecule has 0 aliphatic carbocycles. The van der Waals surface area contributed by atoms with Crippen molar-refractivity contribution < 1.29 is 43.3 Å². The van der Waals surface area contributed by atoms with Crippen LogP contribution in [-0.2, 0) is 4.74 Å². The van der Waals surface area contributed by atoms with Gasteiger partial charge in [0, 0.05) is 35.8 Å². The van der Waals surface area contributed by atoms with Crippen LogP contribution in [0.15, 0.2) is 36.4 Å². The van der Waals surface area contributed by atoms with Crippen LogP contribution < -0.4 is 4.90 Å². The summed E-state index contributed by atoms with van der Waals surface area (Å²) in [5, 5.41) is 32.2. The van der Waals surface area contributed by atoms with E-state index in [9.17, 15) is 33.7 Å². The van der Waals surface area contributed by atoms with Gasteiger partial charge in [-0.05, 0) is 30.3 Å². The summed E-state index contributed by atoms with van der Waals surface area (Å²) in [5.74, 6) is -2.28. The second kappa shape index (κ2) is 7.88. The predicted molar refractivity (Wildman–Crippen MR) is 130 cm³/mol. The zero-order valence-corrected chi connectivity index (χ0v) is 20.0. The topological polar surface area (TPSA) is 128 Å². The van der Waals surface area contributed by atoms with Gasteiger partial charge >= 0.3 is 0 Å². The van der Waals surface area contributed by atoms with Crippen molar-refractivity contribution in [3.8, 4) is 11.1 Å². The molecule has 1 saturated heterocycles. The van der Waals surface area contributed by atoms with E-state index < -0.39 is 54.6 Å².